The highest BCUT2D eigenvalue weighted by Crippen LogP contribution is 2.25. The average molecular weight is 284 g/mol. The number of carbonyl (C=O) groups excluding carboxylic acids is 1. The fourth-order valence-corrected chi connectivity index (χ4v) is 0.898. The van der Waals surface area contributed by atoms with Gasteiger partial charge in [0.1, 0.15) is 0 Å². The van der Waals surface area contributed by atoms with Gasteiger partial charge in [0, 0.05) is 6.54 Å². The molecule has 3 nitrogen and oxygen atoms in total. The number of nitrogens with one attached hydrogen (secondary N) is 1. The zero-order valence-electron chi connectivity index (χ0n) is 8.02. The number of carbonyl (C=O) groups is 1. The van der Waals surface area contributed by atoms with Crippen LogP contribution in [0.1, 0.15) is 6.42 Å². The molecule has 0 aliphatic carbocycles. The van der Waals surface area contributed by atoms with Gasteiger partial charge in [-0.2, -0.15) is 0 Å². The maximum atomic E-state index is 11.0. The molecule has 0 heterocycles. The van der Waals surface area contributed by atoms with E-state index in [1.54, 1.807) is 0 Å². The molecule has 0 spiro atoms. The van der Waals surface area contributed by atoms with Crippen LogP contribution in [0.25, 0.3) is 0 Å². The van der Waals surface area contributed by atoms with E-state index in [9.17, 15) is 4.79 Å². The molecule has 0 atom stereocenters. The fraction of sp³-hybridized carbons (Fsp3) is 0.857. The van der Waals surface area contributed by atoms with Gasteiger partial charge in [-0.3, -0.25) is 4.79 Å². The minimum absolute atomic E-state index is 0. The zero-order chi connectivity index (χ0) is 10.5. The van der Waals surface area contributed by atoms with Gasteiger partial charge < -0.3 is 10.2 Å². The van der Waals surface area contributed by atoms with Gasteiger partial charge in [-0.15, -0.1) is 12.4 Å². The molecule has 1 amide bonds. The van der Waals surface area contributed by atoms with Crippen molar-refractivity contribution in [1.29, 1.82) is 0 Å². The molecule has 0 rings (SSSR count). The summed E-state index contributed by atoms with van der Waals surface area (Å²) in [5.74, 6) is -0.573. The first-order valence-electron chi connectivity index (χ1n) is 3.84. The van der Waals surface area contributed by atoms with Gasteiger partial charge >= 0.3 is 0 Å². The van der Waals surface area contributed by atoms with E-state index in [0.29, 0.717) is 6.54 Å². The summed E-state index contributed by atoms with van der Waals surface area (Å²) in [5, 5.41) is 2.52. The highest BCUT2D eigenvalue weighted by molar-refractivity contribution is 6.76. The molecule has 0 bridgehead atoms. The average Bonchev–Trinajstić information content (AvgIpc) is 1.95. The lowest BCUT2D eigenvalue weighted by Crippen LogP contribution is -2.35. The predicted molar refractivity (Wildman–Crippen MR) is 63.7 cm³/mol. The van der Waals surface area contributed by atoms with Crippen molar-refractivity contribution in [2.45, 2.75) is 10.2 Å². The van der Waals surface area contributed by atoms with Crippen LogP contribution in [0.4, 0.5) is 0 Å². The summed E-state index contributed by atoms with van der Waals surface area (Å²) in [7, 11) is 3.91. The van der Waals surface area contributed by atoms with E-state index in [2.05, 4.69) is 5.32 Å². The van der Waals surface area contributed by atoms with Gasteiger partial charge in [0.2, 0.25) is 0 Å². The second-order valence-electron chi connectivity index (χ2n) is 2.91. The van der Waals surface area contributed by atoms with Gasteiger partial charge in [0.25, 0.3) is 9.70 Å². The van der Waals surface area contributed by atoms with Gasteiger partial charge in [-0.05, 0) is 27.1 Å². The Morgan fingerprint density at radius 3 is 2.21 bits per heavy atom. The summed E-state index contributed by atoms with van der Waals surface area (Å²) in [6.07, 6.45) is 0.833. The highest BCUT2D eigenvalue weighted by Gasteiger charge is 2.29. The Morgan fingerprint density at radius 1 is 1.36 bits per heavy atom. The minimum atomic E-state index is -1.85. The van der Waals surface area contributed by atoms with E-state index >= 15 is 0 Å². The summed E-state index contributed by atoms with van der Waals surface area (Å²) in [6.45, 7) is 1.41. The molecular weight excluding hydrogens is 270 g/mol. The Balaban J connectivity index is 0. The van der Waals surface area contributed by atoms with E-state index in [-0.39, 0.29) is 12.4 Å². The van der Waals surface area contributed by atoms with Crippen LogP contribution in [0.15, 0.2) is 0 Å². The third-order valence-electron chi connectivity index (χ3n) is 1.33. The van der Waals surface area contributed by atoms with Crippen LogP contribution >= 0.6 is 47.2 Å². The highest BCUT2D eigenvalue weighted by atomic mass is 35.6. The molecule has 0 aromatic heterocycles. The first-order valence-corrected chi connectivity index (χ1v) is 4.97. The molecule has 7 heteroatoms. The molecule has 86 valence electrons. The second kappa shape index (κ2) is 7.83. The monoisotopic (exact) mass is 282 g/mol. The number of nitrogens with zero attached hydrogens (tertiary/aromatic N) is 1. The number of alkyl halides is 3. The second-order valence-corrected chi connectivity index (χ2v) is 5.19. The van der Waals surface area contributed by atoms with Crippen molar-refractivity contribution < 1.29 is 4.79 Å². The van der Waals surface area contributed by atoms with Crippen LogP contribution in [-0.4, -0.2) is 41.8 Å². The number of halogens is 4. The zero-order valence-corrected chi connectivity index (χ0v) is 11.1. The molecule has 0 saturated heterocycles. The van der Waals surface area contributed by atoms with E-state index in [0.717, 1.165) is 13.0 Å². The smallest absolute Gasteiger partial charge is 0.272 e. The van der Waals surface area contributed by atoms with Crippen LogP contribution in [0.3, 0.4) is 0 Å². The number of hydrogen-bond acceptors (Lipinski definition) is 2. The SMILES string of the molecule is CN(C)CCCNC(=O)C(Cl)(Cl)Cl.Cl. The molecule has 0 fully saturated rings. The third-order valence-corrected chi connectivity index (χ3v) is 1.84. The number of hydrogen-bond donors (Lipinski definition) is 1. The lowest BCUT2D eigenvalue weighted by molar-refractivity contribution is -0.120. The first kappa shape index (κ1) is 17.0. The van der Waals surface area contributed by atoms with Crippen molar-refractivity contribution in [3.05, 3.63) is 0 Å². The van der Waals surface area contributed by atoms with E-state index < -0.39 is 9.70 Å². The van der Waals surface area contributed by atoms with Gasteiger partial charge in [0.15, 0.2) is 0 Å². The molecule has 1 N–H and O–H groups in total. The molecular formula is C7H14Cl4N2O. The molecule has 0 aromatic rings. The fourth-order valence-electron chi connectivity index (χ4n) is 0.697. The standard InChI is InChI=1S/C7H13Cl3N2O.ClH/c1-12(2)5-3-4-11-6(13)7(8,9)10;/h3-5H2,1-2H3,(H,11,13);1H. The Labute approximate surface area is 105 Å². The minimum Gasteiger partial charge on any atom is -0.352 e. The Morgan fingerprint density at radius 2 is 1.86 bits per heavy atom. The van der Waals surface area contributed by atoms with Crippen LogP contribution in [0, 0.1) is 0 Å². The first-order chi connectivity index (χ1) is 5.84. The molecule has 0 radical (unpaired) electrons. The van der Waals surface area contributed by atoms with Crippen LogP contribution in [-0.2, 0) is 4.79 Å². The van der Waals surface area contributed by atoms with Crippen molar-refractivity contribution in [2.24, 2.45) is 0 Å². The maximum absolute atomic E-state index is 11.0. The Kier molecular flexibility index (Phi) is 9.50. The molecule has 0 saturated carbocycles. The van der Waals surface area contributed by atoms with E-state index in [1.807, 2.05) is 19.0 Å². The van der Waals surface area contributed by atoms with Crippen molar-refractivity contribution in [3.8, 4) is 0 Å². The van der Waals surface area contributed by atoms with Gasteiger partial charge in [0.05, 0.1) is 0 Å². The number of amides is 1. The molecule has 14 heavy (non-hydrogen) atoms. The maximum Gasteiger partial charge on any atom is 0.272 e. The third kappa shape index (κ3) is 9.16. The quantitative estimate of drug-likeness (QED) is 0.631. The summed E-state index contributed by atoms with van der Waals surface area (Å²) in [5.41, 5.74) is 0. The summed E-state index contributed by atoms with van der Waals surface area (Å²) in [6, 6.07) is 0. The van der Waals surface area contributed by atoms with Crippen LogP contribution < -0.4 is 5.32 Å². The summed E-state index contributed by atoms with van der Waals surface area (Å²) in [4.78, 5) is 13.0. The van der Waals surface area contributed by atoms with Gasteiger partial charge in [-0.25, -0.2) is 0 Å². The lowest BCUT2D eigenvalue weighted by atomic mass is 10.4. The summed E-state index contributed by atoms with van der Waals surface area (Å²) >= 11 is 16.0. The molecule has 0 aliphatic heterocycles. The molecule has 0 aromatic carbocycles. The van der Waals surface area contributed by atoms with Gasteiger partial charge in [-0.1, -0.05) is 34.8 Å². The largest absolute Gasteiger partial charge is 0.352 e. The van der Waals surface area contributed by atoms with Crippen molar-refractivity contribution >= 4 is 53.1 Å². The van der Waals surface area contributed by atoms with Crippen molar-refractivity contribution in [2.75, 3.05) is 27.2 Å². The summed E-state index contributed by atoms with van der Waals surface area (Å²) < 4.78 is -1.85. The Bertz CT molecular complexity index is 170. The van der Waals surface area contributed by atoms with Crippen molar-refractivity contribution in [1.82, 2.24) is 10.2 Å². The van der Waals surface area contributed by atoms with E-state index in [4.69, 9.17) is 34.8 Å². The Hall–Kier alpha value is 0.590. The topological polar surface area (TPSA) is 32.3 Å². The van der Waals surface area contributed by atoms with Crippen LogP contribution in [0.5, 0.6) is 0 Å². The molecule has 0 unspecified atom stereocenters. The number of rotatable bonds is 4. The van der Waals surface area contributed by atoms with E-state index in [1.165, 1.54) is 0 Å². The predicted octanol–water partition coefficient (Wildman–Crippen LogP) is 1.85. The van der Waals surface area contributed by atoms with Crippen molar-refractivity contribution in [3.63, 3.8) is 0 Å². The molecule has 0 aliphatic rings. The van der Waals surface area contributed by atoms with Crippen LogP contribution in [0.2, 0.25) is 0 Å². The lowest BCUT2D eigenvalue weighted by Gasteiger charge is -2.12. The normalized spacial score (nSPS) is 11.0.